The molecule has 0 aliphatic heterocycles. The molecule has 0 aliphatic rings. The molecule has 2 nitrogen and oxygen atoms in total. The van der Waals surface area contributed by atoms with Gasteiger partial charge in [-0.1, -0.05) is 0 Å². The van der Waals surface area contributed by atoms with E-state index in [4.69, 9.17) is 10.6 Å². The Balaban J connectivity index is 0.000000181. The van der Waals surface area contributed by atoms with E-state index in [1.807, 2.05) is 0 Å². The Morgan fingerprint density at radius 2 is 0.269 bits per heavy atom. The predicted octanol–water partition coefficient (Wildman–Crippen LogP) is 16.8. The Hall–Kier alpha value is -9.61. The van der Waals surface area contributed by atoms with Crippen molar-refractivity contribution in [3.8, 4) is 44.5 Å². The van der Waals surface area contributed by atoms with E-state index < -0.39 is 58.6 Å². The van der Waals surface area contributed by atoms with Crippen LogP contribution in [0, 0.1) is 0 Å². The molecule has 0 aromatic heterocycles. The predicted molar refractivity (Wildman–Crippen MR) is 443 cm³/mol. The van der Waals surface area contributed by atoms with Gasteiger partial charge in [0.25, 0.3) is 0 Å². The molecule has 104 heavy (non-hydrogen) atoms. The fraction of sp³-hybridized carbons (Fsp3) is 0. The molecule has 0 heterocycles. The van der Waals surface area contributed by atoms with Gasteiger partial charge < -0.3 is 0 Å². The van der Waals surface area contributed by atoms with Gasteiger partial charge in [-0.3, -0.25) is 0 Å². The molecule has 16 aromatic rings. The average Bonchev–Trinajstić information content (AvgIpc) is 0.781. The van der Waals surface area contributed by atoms with E-state index in [9.17, 15) is 0 Å². The summed E-state index contributed by atoms with van der Waals surface area (Å²) in [5.74, 6) is 0. The molecule has 0 fully saturated rings. The van der Waals surface area contributed by atoms with Gasteiger partial charge in [0.05, 0.1) is 0 Å². The van der Waals surface area contributed by atoms with Crippen LogP contribution in [0.25, 0.3) is 55.1 Å². The molecule has 506 valence electrons. The zero-order valence-corrected chi connectivity index (χ0v) is 66.2. The van der Waals surface area contributed by atoms with Crippen LogP contribution in [0.2, 0.25) is 0 Å². The van der Waals surface area contributed by atoms with Crippen molar-refractivity contribution >= 4 is 134 Å². The van der Waals surface area contributed by atoms with Crippen LogP contribution in [0.1, 0.15) is 0 Å². The second kappa shape index (κ2) is 36.2. The van der Waals surface area contributed by atoms with Gasteiger partial charge in [-0.25, -0.2) is 0 Å². The van der Waals surface area contributed by atoms with Gasteiger partial charge in [-0.2, -0.15) is 0 Å². The van der Waals surface area contributed by atoms with Gasteiger partial charge in [-0.05, 0) is 0 Å². The minimum absolute atomic E-state index is 0. The number of hydrogen-bond acceptors (Lipinski definition) is 0. The van der Waals surface area contributed by atoms with Gasteiger partial charge >= 0.3 is 660 Å². The molecule has 0 unspecified atom stereocenters. The van der Waals surface area contributed by atoms with E-state index in [1.54, 1.807) is 0 Å². The second-order valence-corrected chi connectivity index (χ2v) is 42.9. The summed E-state index contributed by atoms with van der Waals surface area (Å²) in [5.41, 5.74) is 13.9. The average molecular weight is 1680 g/mol. The summed E-state index contributed by atoms with van der Waals surface area (Å²) in [6.07, 6.45) is 0. The Bertz CT molecular complexity index is 4480. The quantitative estimate of drug-likeness (QED) is 0.0681. The van der Waals surface area contributed by atoms with E-state index >= 15 is 0 Å². The van der Waals surface area contributed by atoms with Gasteiger partial charge in [0, 0.05) is 0 Å². The van der Waals surface area contributed by atoms with Crippen LogP contribution in [0.3, 0.4) is 0 Å². The summed E-state index contributed by atoms with van der Waals surface area (Å²) in [6, 6.07) is 159. The molecule has 0 atom stereocenters. The van der Waals surface area contributed by atoms with Crippen molar-refractivity contribution in [3.05, 3.63) is 447 Å². The van der Waals surface area contributed by atoms with Crippen molar-refractivity contribution in [1.82, 2.24) is 0 Å². The normalized spacial score (nSPS) is 10.9. The summed E-state index contributed by atoms with van der Waals surface area (Å²) < 4.78 is 16.4. The number of benzene rings is 16. The first-order valence-electron chi connectivity index (χ1n) is 34.5. The molecule has 0 spiro atoms. The summed E-state index contributed by atoms with van der Waals surface area (Å²) in [4.78, 5) is 0. The van der Waals surface area contributed by atoms with E-state index in [1.165, 1.54) is 96.7 Å². The van der Waals surface area contributed by atoms with Crippen molar-refractivity contribution in [2.75, 3.05) is 0 Å². The first-order valence-corrected chi connectivity index (χ1v) is 45.7. The fourth-order valence-corrected chi connectivity index (χ4v) is 33.3. The molecule has 0 amide bonds. The number of hydrogen-bond donors (Lipinski definition) is 0. The minimum atomic E-state index is -2.04. The first-order chi connectivity index (χ1) is 50.6. The Morgan fingerprint density at radius 1 is 0.135 bits per heavy atom. The molecule has 0 saturated heterocycles. The molecular weight excluding hydrogens is 1610 g/mol. The van der Waals surface area contributed by atoms with Crippen LogP contribution in [0.15, 0.2) is 437 Å². The third-order valence-electron chi connectivity index (χ3n) is 17.9. The van der Waals surface area contributed by atoms with Crippen molar-refractivity contribution in [1.29, 1.82) is 0 Å². The Labute approximate surface area is 653 Å². The molecule has 0 saturated carbocycles. The SMILES string of the molecule is [Cu+2].[Cu+2].c1ccc(-c2ccc([N-]c3ccc(-c4ccccc4)cc3[As](c3ccccc3)c3ccccc3)c([As](c3ccccc3)c3ccccc3)c2)cc1.c1ccc(-c2ccc([N-]c3ccc(-c4ccccc4)cc3[As](c3ccccc3)c3ccccc3)c([As](c3ccccc3)c3ccccc3)c2)cc1. The monoisotopic (exact) mass is 1680 g/mol. The fourth-order valence-electron chi connectivity index (χ4n) is 13.0. The van der Waals surface area contributed by atoms with Crippen molar-refractivity contribution in [3.63, 3.8) is 0 Å². The van der Waals surface area contributed by atoms with Gasteiger partial charge in [0.1, 0.15) is 0 Å². The number of nitrogens with zero attached hydrogens (tertiary/aromatic N) is 2. The molecule has 0 bridgehead atoms. The zero-order chi connectivity index (χ0) is 68.5. The summed E-state index contributed by atoms with van der Waals surface area (Å²) >= 11 is -8.15. The molecule has 2 radical (unpaired) electrons. The third-order valence-corrected chi connectivity index (χ3v) is 38.6. The van der Waals surface area contributed by atoms with Crippen LogP contribution in [-0.2, 0) is 34.1 Å². The molecule has 0 N–H and O–H groups in total. The Morgan fingerprint density at radius 3 is 0.413 bits per heavy atom. The summed E-state index contributed by atoms with van der Waals surface area (Å²) in [6.45, 7) is 0. The summed E-state index contributed by atoms with van der Waals surface area (Å²) in [7, 11) is 0. The van der Waals surface area contributed by atoms with E-state index in [-0.39, 0.29) is 34.1 Å². The van der Waals surface area contributed by atoms with Crippen molar-refractivity contribution in [2.45, 2.75) is 0 Å². The maximum absolute atomic E-state index is 5.73. The van der Waals surface area contributed by atoms with Gasteiger partial charge in [0.2, 0.25) is 0 Å². The van der Waals surface area contributed by atoms with Crippen LogP contribution in [0.5, 0.6) is 0 Å². The van der Waals surface area contributed by atoms with Crippen LogP contribution >= 0.6 is 0 Å². The molecule has 8 heteroatoms. The third kappa shape index (κ3) is 17.4. The maximum atomic E-state index is 5.73. The van der Waals surface area contributed by atoms with Gasteiger partial charge in [-0.15, -0.1) is 0 Å². The van der Waals surface area contributed by atoms with Crippen LogP contribution < -0.4 is 52.2 Å². The standard InChI is InChI=1S/2C48H36As2N.2Cu/c2*1-7-19-37(20-8-1)39-31-33-47(45(35-39)49(41-23-11-3-12-24-41)42-25-13-4-14-26-42)51-48-34-32-40(38-21-9-2-10-22-38)36-46(48)50(43-27-15-5-16-28-43)44-29-17-6-18-30-44;;/h2*1-36H;;/q2*-1;2*+2. The zero-order valence-electron chi connectivity index (χ0n) is 56.9. The molecule has 0 aliphatic carbocycles. The Kier molecular flexibility index (Phi) is 25.3. The number of rotatable bonds is 20. The van der Waals surface area contributed by atoms with E-state index in [0.717, 1.165) is 22.7 Å². The van der Waals surface area contributed by atoms with Crippen molar-refractivity contribution in [2.24, 2.45) is 0 Å². The van der Waals surface area contributed by atoms with Crippen molar-refractivity contribution < 1.29 is 34.1 Å². The molecule has 16 aromatic carbocycles. The summed E-state index contributed by atoms with van der Waals surface area (Å²) in [5, 5.41) is 11.5. The van der Waals surface area contributed by atoms with Gasteiger partial charge in [0.15, 0.2) is 0 Å². The second-order valence-electron chi connectivity index (χ2n) is 24.5. The molecule has 16 rings (SSSR count). The van der Waals surface area contributed by atoms with Crippen LogP contribution in [-0.4, -0.2) is 58.6 Å². The molecular formula is C96H72As4Cu2N2+2. The first kappa shape index (κ1) is 72.7. The van der Waals surface area contributed by atoms with E-state index in [2.05, 4.69) is 437 Å². The van der Waals surface area contributed by atoms with E-state index in [0.29, 0.717) is 0 Å². The van der Waals surface area contributed by atoms with Crippen LogP contribution in [0.4, 0.5) is 22.7 Å². The topological polar surface area (TPSA) is 28.2 Å².